The number of hydrogen-bond donors (Lipinski definition) is 1. The van der Waals surface area contributed by atoms with Crippen molar-refractivity contribution in [1.82, 2.24) is 10.2 Å². The number of rotatable bonds is 8. The van der Waals surface area contributed by atoms with Gasteiger partial charge in [0.25, 0.3) is 11.6 Å². The van der Waals surface area contributed by atoms with Gasteiger partial charge in [0.05, 0.1) is 4.92 Å². The lowest BCUT2D eigenvalue weighted by atomic mass is 10.2. The fraction of sp³-hybridized carbons (Fsp3) is 0.263. The summed E-state index contributed by atoms with van der Waals surface area (Å²) in [6.45, 7) is 2.72. The Kier molecular flexibility index (Phi) is 6.99. The molecule has 2 aromatic carbocycles. The van der Waals surface area contributed by atoms with Gasteiger partial charge in [-0.05, 0) is 36.8 Å². The summed E-state index contributed by atoms with van der Waals surface area (Å²) in [4.78, 5) is 36.0. The van der Waals surface area contributed by atoms with E-state index in [-0.39, 0.29) is 35.9 Å². The van der Waals surface area contributed by atoms with Gasteiger partial charge < -0.3 is 10.2 Å². The second-order valence-corrected chi connectivity index (χ2v) is 5.85. The molecule has 0 heterocycles. The van der Waals surface area contributed by atoms with Crippen molar-refractivity contribution in [2.24, 2.45) is 0 Å². The van der Waals surface area contributed by atoms with Crippen LogP contribution in [0.4, 0.5) is 10.1 Å². The van der Waals surface area contributed by atoms with Gasteiger partial charge in [0.2, 0.25) is 5.91 Å². The molecule has 0 aliphatic carbocycles. The van der Waals surface area contributed by atoms with E-state index in [2.05, 4.69) is 5.32 Å². The van der Waals surface area contributed by atoms with Crippen molar-refractivity contribution in [2.45, 2.75) is 19.9 Å². The second-order valence-electron chi connectivity index (χ2n) is 5.85. The summed E-state index contributed by atoms with van der Waals surface area (Å²) in [6.07, 6.45) is 0.0991. The number of carbonyl (C=O) groups is 2. The smallest absolute Gasteiger partial charge is 0.269 e. The van der Waals surface area contributed by atoms with Crippen LogP contribution in [-0.4, -0.2) is 34.7 Å². The maximum atomic E-state index is 13.3. The highest BCUT2D eigenvalue weighted by Crippen LogP contribution is 2.12. The third kappa shape index (κ3) is 5.88. The van der Waals surface area contributed by atoms with Gasteiger partial charge in [-0.1, -0.05) is 12.1 Å². The maximum Gasteiger partial charge on any atom is 0.269 e. The molecule has 27 heavy (non-hydrogen) atoms. The molecule has 0 aliphatic heterocycles. The van der Waals surface area contributed by atoms with Crippen LogP contribution in [0.2, 0.25) is 0 Å². The largest absolute Gasteiger partial charge is 0.352 e. The van der Waals surface area contributed by atoms with Crippen molar-refractivity contribution in [3.63, 3.8) is 0 Å². The molecule has 2 amide bonds. The maximum absolute atomic E-state index is 13.3. The van der Waals surface area contributed by atoms with Crippen LogP contribution in [0, 0.1) is 15.9 Å². The molecule has 142 valence electrons. The van der Waals surface area contributed by atoms with E-state index in [9.17, 15) is 24.1 Å². The third-order valence-corrected chi connectivity index (χ3v) is 3.96. The Hall–Kier alpha value is -3.29. The number of halogens is 1. The number of non-ortho nitro benzene ring substituents is 1. The molecule has 2 rings (SSSR count). The van der Waals surface area contributed by atoms with Gasteiger partial charge in [-0.2, -0.15) is 0 Å². The summed E-state index contributed by atoms with van der Waals surface area (Å²) < 4.78 is 13.3. The number of hydrogen-bond acceptors (Lipinski definition) is 4. The van der Waals surface area contributed by atoms with Gasteiger partial charge >= 0.3 is 0 Å². The molecule has 7 nitrogen and oxygen atoms in total. The van der Waals surface area contributed by atoms with Crippen LogP contribution in [0.3, 0.4) is 0 Å². The first-order valence-electron chi connectivity index (χ1n) is 8.45. The molecule has 0 unspecified atom stereocenters. The number of nitro benzene ring substituents is 1. The first kappa shape index (κ1) is 20.0. The van der Waals surface area contributed by atoms with Gasteiger partial charge in [0.1, 0.15) is 5.82 Å². The zero-order valence-electron chi connectivity index (χ0n) is 14.9. The molecule has 0 aliphatic rings. The molecule has 8 heteroatoms. The van der Waals surface area contributed by atoms with Crippen molar-refractivity contribution < 1.29 is 18.9 Å². The van der Waals surface area contributed by atoms with Crippen molar-refractivity contribution >= 4 is 17.5 Å². The highest BCUT2D eigenvalue weighted by atomic mass is 19.1. The highest BCUT2D eigenvalue weighted by Gasteiger charge is 2.14. The van der Waals surface area contributed by atoms with Crippen molar-refractivity contribution in [1.29, 1.82) is 0 Å². The lowest BCUT2D eigenvalue weighted by molar-refractivity contribution is -0.384. The summed E-state index contributed by atoms with van der Waals surface area (Å²) in [7, 11) is 0. The third-order valence-electron chi connectivity index (χ3n) is 3.96. The number of nitro groups is 1. The predicted octanol–water partition coefficient (Wildman–Crippen LogP) is 2.90. The van der Waals surface area contributed by atoms with Gasteiger partial charge in [0.15, 0.2) is 0 Å². The van der Waals surface area contributed by atoms with Gasteiger partial charge in [-0.15, -0.1) is 0 Å². The molecule has 0 fully saturated rings. The van der Waals surface area contributed by atoms with E-state index in [1.165, 1.54) is 36.4 Å². The average Bonchev–Trinajstić information content (AvgIpc) is 2.66. The Bertz CT molecular complexity index is 824. The predicted molar refractivity (Wildman–Crippen MR) is 97.5 cm³/mol. The summed E-state index contributed by atoms with van der Waals surface area (Å²) in [5, 5.41) is 13.2. The number of nitrogens with zero attached hydrogens (tertiary/aromatic N) is 2. The van der Waals surface area contributed by atoms with E-state index >= 15 is 0 Å². The first-order valence-corrected chi connectivity index (χ1v) is 8.45. The van der Waals surface area contributed by atoms with Crippen LogP contribution in [0.5, 0.6) is 0 Å². The van der Waals surface area contributed by atoms with Crippen LogP contribution in [0.15, 0.2) is 48.5 Å². The molecule has 0 radical (unpaired) electrons. The van der Waals surface area contributed by atoms with Gasteiger partial charge in [-0.25, -0.2) is 4.39 Å². The van der Waals surface area contributed by atoms with E-state index in [1.807, 2.05) is 6.92 Å². The lowest BCUT2D eigenvalue weighted by Crippen LogP contribution is -2.34. The Morgan fingerprint density at radius 3 is 2.48 bits per heavy atom. The number of carbonyl (C=O) groups excluding carboxylic acids is 2. The number of amides is 2. The molecular weight excluding hydrogens is 353 g/mol. The van der Waals surface area contributed by atoms with Crippen molar-refractivity contribution in [2.75, 3.05) is 13.1 Å². The quantitative estimate of drug-likeness (QED) is 0.569. The zero-order valence-corrected chi connectivity index (χ0v) is 14.9. The molecule has 0 saturated carbocycles. The molecule has 0 bridgehead atoms. The van der Waals surface area contributed by atoms with Crippen molar-refractivity contribution in [3.05, 3.63) is 75.6 Å². The topological polar surface area (TPSA) is 92.6 Å². The lowest BCUT2D eigenvalue weighted by Gasteiger charge is -2.21. The second kappa shape index (κ2) is 9.42. The first-order chi connectivity index (χ1) is 12.9. The minimum Gasteiger partial charge on any atom is -0.352 e. The molecule has 0 aromatic heterocycles. The van der Waals surface area contributed by atoms with E-state index in [0.717, 1.165) is 0 Å². The molecule has 0 atom stereocenters. The van der Waals surface area contributed by atoms with Gasteiger partial charge in [0, 0.05) is 43.8 Å². The molecule has 0 saturated heterocycles. The minimum absolute atomic E-state index is 0.0991. The number of nitrogens with one attached hydrogen (secondary N) is 1. The fourth-order valence-corrected chi connectivity index (χ4v) is 2.51. The van der Waals surface area contributed by atoms with Gasteiger partial charge in [-0.3, -0.25) is 19.7 Å². The minimum atomic E-state index is -0.543. The normalized spacial score (nSPS) is 10.3. The van der Waals surface area contributed by atoms with E-state index in [4.69, 9.17) is 0 Å². The Morgan fingerprint density at radius 1 is 1.19 bits per heavy atom. The van der Waals surface area contributed by atoms with Crippen LogP contribution >= 0.6 is 0 Å². The molecule has 1 N–H and O–H groups in total. The molecule has 2 aromatic rings. The zero-order chi connectivity index (χ0) is 19.8. The Labute approximate surface area is 155 Å². The van der Waals surface area contributed by atoms with E-state index in [1.54, 1.807) is 17.0 Å². The molecule has 0 spiro atoms. The van der Waals surface area contributed by atoms with Crippen LogP contribution < -0.4 is 5.32 Å². The van der Waals surface area contributed by atoms with E-state index in [0.29, 0.717) is 18.7 Å². The summed E-state index contributed by atoms with van der Waals surface area (Å²) in [5.41, 5.74) is 0.873. The van der Waals surface area contributed by atoms with Crippen molar-refractivity contribution in [3.8, 4) is 0 Å². The Morgan fingerprint density at radius 2 is 1.89 bits per heavy atom. The van der Waals surface area contributed by atoms with Crippen LogP contribution in [-0.2, 0) is 11.3 Å². The average molecular weight is 373 g/mol. The van der Waals surface area contributed by atoms with E-state index < -0.39 is 10.8 Å². The summed E-state index contributed by atoms with van der Waals surface area (Å²) >= 11 is 0. The SMILES string of the molecule is CCN(Cc1cccc(F)c1)C(=O)CCNC(=O)c1ccc([N+](=O)[O-])cc1. The molecular formula is C19H20FN3O4. The highest BCUT2D eigenvalue weighted by molar-refractivity contribution is 5.94. The summed E-state index contributed by atoms with van der Waals surface area (Å²) in [6, 6.07) is 11.3. The van der Waals surface area contributed by atoms with Crippen LogP contribution in [0.1, 0.15) is 29.3 Å². The monoisotopic (exact) mass is 373 g/mol. The number of benzene rings is 2. The summed E-state index contributed by atoms with van der Waals surface area (Å²) in [5.74, 6) is -0.928. The fourth-order valence-electron chi connectivity index (χ4n) is 2.51. The van der Waals surface area contributed by atoms with Crippen LogP contribution in [0.25, 0.3) is 0 Å². The standard InChI is InChI=1S/C19H20FN3O4/c1-2-22(13-14-4-3-5-16(20)12-14)18(24)10-11-21-19(25)15-6-8-17(9-7-15)23(26)27/h3-9,12H,2,10-11,13H2,1H3,(H,21,25). The Balaban J connectivity index is 1.84.